The Morgan fingerprint density at radius 1 is 1.07 bits per heavy atom. The monoisotopic (exact) mass is 373 g/mol. The van der Waals surface area contributed by atoms with Crippen LogP contribution in [-0.4, -0.2) is 36.9 Å². The summed E-state index contributed by atoms with van der Waals surface area (Å²) in [5.74, 6) is 0.255. The number of methoxy groups -OCH3 is 1. The number of anilines is 1. The quantitative estimate of drug-likeness (QED) is 0.835. The third kappa shape index (κ3) is 4.55. The van der Waals surface area contributed by atoms with E-state index in [9.17, 15) is 9.90 Å². The Hall–Kier alpha value is -1.39. The van der Waals surface area contributed by atoms with Gasteiger partial charge in [-0.15, -0.1) is 0 Å². The number of benzene rings is 1. The summed E-state index contributed by atoms with van der Waals surface area (Å²) in [7, 11) is 1.71. The van der Waals surface area contributed by atoms with E-state index in [-0.39, 0.29) is 16.7 Å². The average molecular weight is 374 g/mol. The first-order valence-electron chi connectivity index (χ1n) is 10.3. The van der Waals surface area contributed by atoms with Gasteiger partial charge in [0, 0.05) is 19.3 Å². The highest BCUT2D eigenvalue weighted by atomic mass is 16.5. The van der Waals surface area contributed by atoms with E-state index in [0.717, 1.165) is 57.2 Å². The minimum atomic E-state index is -0.611. The van der Waals surface area contributed by atoms with Gasteiger partial charge in [0.15, 0.2) is 0 Å². The zero-order chi connectivity index (χ0) is 19.7. The number of carbonyl (C=O) groups excluding carboxylic acids is 1. The van der Waals surface area contributed by atoms with Crippen LogP contribution in [0.4, 0.5) is 5.69 Å². The van der Waals surface area contributed by atoms with E-state index in [1.54, 1.807) is 7.11 Å². The Labute approximate surface area is 163 Å². The lowest BCUT2D eigenvalue weighted by atomic mass is 9.64. The fraction of sp³-hybridized carbons (Fsp3) is 0.696. The van der Waals surface area contributed by atoms with Crippen molar-refractivity contribution in [2.75, 3.05) is 25.2 Å². The molecule has 1 spiro atoms. The third-order valence-electron chi connectivity index (χ3n) is 6.35. The predicted octanol–water partition coefficient (Wildman–Crippen LogP) is 4.34. The van der Waals surface area contributed by atoms with Crippen LogP contribution in [0.25, 0.3) is 0 Å². The van der Waals surface area contributed by atoms with Gasteiger partial charge >= 0.3 is 0 Å². The maximum Gasteiger partial charge on any atom is 0.233 e. The van der Waals surface area contributed by atoms with Crippen molar-refractivity contribution in [3.63, 3.8) is 0 Å². The zero-order valence-corrected chi connectivity index (χ0v) is 17.4. The summed E-state index contributed by atoms with van der Waals surface area (Å²) < 4.78 is 5.13. The number of rotatable bonds is 5. The Morgan fingerprint density at radius 3 is 2.26 bits per heavy atom. The van der Waals surface area contributed by atoms with Gasteiger partial charge in [0.2, 0.25) is 5.91 Å². The van der Waals surface area contributed by atoms with Gasteiger partial charge in [-0.3, -0.25) is 4.79 Å². The highest BCUT2D eigenvalue weighted by Gasteiger charge is 2.51. The summed E-state index contributed by atoms with van der Waals surface area (Å²) in [6, 6.07) is 8.30. The average Bonchev–Trinajstić information content (AvgIpc) is 2.92. The van der Waals surface area contributed by atoms with E-state index >= 15 is 0 Å². The summed E-state index contributed by atoms with van der Waals surface area (Å²) in [5, 5.41) is 11.0. The van der Waals surface area contributed by atoms with Gasteiger partial charge in [-0.25, -0.2) is 0 Å². The lowest BCUT2D eigenvalue weighted by Gasteiger charge is -2.43. The SMILES string of the molecule is COCCc1ccc(N2CC[C@]3(CC[C@](O)(CC(C)(C)C)CC3)C2=O)cc1. The van der Waals surface area contributed by atoms with E-state index in [4.69, 9.17) is 4.74 Å². The summed E-state index contributed by atoms with van der Waals surface area (Å²) >= 11 is 0. The molecule has 1 aromatic rings. The van der Waals surface area contributed by atoms with Crippen molar-refractivity contribution in [2.45, 2.75) is 71.3 Å². The highest BCUT2D eigenvalue weighted by Crippen LogP contribution is 2.50. The highest BCUT2D eigenvalue weighted by molar-refractivity contribution is 6.00. The fourth-order valence-corrected chi connectivity index (χ4v) is 4.95. The zero-order valence-electron chi connectivity index (χ0n) is 17.4. The Bertz CT molecular complexity index is 651. The van der Waals surface area contributed by atoms with Crippen LogP contribution in [0.5, 0.6) is 0 Å². The smallest absolute Gasteiger partial charge is 0.233 e. The molecule has 0 bridgehead atoms. The maximum absolute atomic E-state index is 13.3. The molecule has 1 saturated heterocycles. The Morgan fingerprint density at radius 2 is 1.70 bits per heavy atom. The molecule has 1 saturated carbocycles. The van der Waals surface area contributed by atoms with Crippen molar-refractivity contribution in [1.29, 1.82) is 0 Å². The lowest BCUT2D eigenvalue weighted by Crippen LogP contribution is -2.45. The van der Waals surface area contributed by atoms with Crippen LogP contribution in [0.3, 0.4) is 0 Å². The fourth-order valence-electron chi connectivity index (χ4n) is 4.95. The number of hydrogen-bond donors (Lipinski definition) is 1. The minimum absolute atomic E-state index is 0.107. The molecule has 27 heavy (non-hydrogen) atoms. The summed E-state index contributed by atoms with van der Waals surface area (Å²) in [5.41, 5.74) is 1.45. The molecule has 0 unspecified atom stereocenters. The molecule has 1 aliphatic heterocycles. The van der Waals surface area contributed by atoms with Gasteiger partial charge in [0.25, 0.3) is 0 Å². The second-order valence-electron chi connectivity index (χ2n) is 9.86. The summed E-state index contributed by atoms with van der Waals surface area (Å²) in [6.07, 6.45) is 5.68. The molecule has 1 heterocycles. The van der Waals surface area contributed by atoms with E-state index in [0.29, 0.717) is 6.61 Å². The standard InChI is InChI=1S/C23H35NO3/c1-21(2,3)17-23(26)12-10-22(11-13-23)14-15-24(20(22)25)19-7-5-18(6-8-19)9-16-27-4/h5-8,26H,9-17H2,1-4H3/t22-,23-. The number of aliphatic hydroxyl groups is 1. The minimum Gasteiger partial charge on any atom is -0.390 e. The van der Waals surface area contributed by atoms with Crippen LogP contribution in [-0.2, 0) is 16.0 Å². The molecular formula is C23H35NO3. The van der Waals surface area contributed by atoms with Crippen LogP contribution >= 0.6 is 0 Å². The van der Waals surface area contributed by atoms with Gasteiger partial charge in [-0.2, -0.15) is 0 Å². The first kappa shape index (κ1) is 20.3. The van der Waals surface area contributed by atoms with Crippen molar-refractivity contribution in [1.82, 2.24) is 0 Å². The van der Waals surface area contributed by atoms with Gasteiger partial charge in [-0.05, 0) is 68.1 Å². The van der Waals surface area contributed by atoms with Gasteiger partial charge in [-0.1, -0.05) is 32.9 Å². The number of ether oxygens (including phenoxy) is 1. The van der Waals surface area contributed by atoms with Gasteiger partial charge < -0.3 is 14.7 Å². The Balaban J connectivity index is 1.65. The number of hydrogen-bond acceptors (Lipinski definition) is 3. The molecule has 2 fully saturated rings. The maximum atomic E-state index is 13.3. The number of nitrogens with zero attached hydrogens (tertiary/aromatic N) is 1. The first-order chi connectivity index (χ1) is 12.7. The van der Waals surface area contributed by atoms with Crippen LogP contribution in [0, 0.1) is 10.8 Å². The third-order valence-corrected chi connectivity index (χ3v) is 6.35. The molecule has 4 heteroatoms. The normalized spacial score (nSPS) is 28.9. The first-order valence-corrected chi connectivity index (χ1v) is 10.3. The van der Waals surface area contributed by atoms with Gasteiger partial charge in [0.05, 0.1) is 17.6 Å². The largest absolute Gasteiger partial charge is 0.390 e. The topological polar surface area (TPSA) is 49.8 Å². The molecular weight excluding hydrogens is 338 g/mol. The van der Waals surface area contributed by atoms with E-state index in [1.165, 1.54) is 5.56 Å². The lowest BCUT2D eigenvalue weighted by molar-refractivity contribution is -0.131. The molecule has 1 aliphatic carbocycles. The summed E-state index contributed by atoms with van der Waals surface area (Å²) in [4.78, 5) is 15.2. The molecule has 3 rings (SSSR count). The second kappa shape index (κ2) is 7.56. The van der Waals surface area contributed by atoms with Crippen molar-refractivity contribution >= 4 is 11.6 Å². The van der Waals surface area contributed by atoms with E-state index in [1.807, 2.05) is 4.90 Å². The Kier molecular flexibility index (Phi) is 5.69. The van der Waals surface area contributed by atoms with Crippen molar-refractivity contribution in [2.24, 2.45) is 10.8 Å². The molecule has 150 valence electrons. The summed E-state index contributed by atoms with van der Waals surface area (Å²) in [6.45, 7) is 8.02. The van der Waals surface area contributed by atoms with E-state index < -0.39 is 5.60 Å². The van der Waals surface area contributed by atoms with Crippen LogP contribution < -0.4 is 4.90 Å². The van der Waals surface area contributed by atoms with Crippen molar-refractivity contribution < 1.29 is 14.6 Å². The molecule has 1 N–H and O–H groups in total. The molecule has 4 nitrogen and oxygen atoms in total. The number of carbonyl (C=O) groups is 1. The van der Waals surface area contributed by atoms with Crippen LogP contribution in [0.15, 0.2) is 24.3 Å². The van der Waals surface area contributed by atoms with Crippen molar-refractivity contribution in [3.05, 3.63) is 29.8 Å². The molecule has 0 atom stereocenters. The molecule has 0 aromatic heterocycles. The van der Waals surface area contributed by atoms with E-state index in [2.05, 4.69) is 45.0 Å². The van der Waals surface area contributed by atoms with Gasteiger partial charge in [0.1, 0.15) is 0 Å². The van der Waals surface area contributed by atoms with Crippen LogP contribution in [0.1, 0.15) is 64.9 Å². The molecule has 2 aliphatic rings. The van der Waals surface area contributed by atoms with Crippen LogP contribution in [0.2, 0.25) is 0 Å². The number of amides is 1. The van der Waals surface area contributed by atoms with Crippen molar-refractivity contribution in [3.8, 4) is 0 Å². The molecule has 1 aromatic carbocycles. The second-order valence-corrected chi connectivity index (χ2v) is 9.86. The molecule has 1 amide bonds. The molecule has 0 radical (unpaired) electrons. The predicted molar refractivity (Wildman–Crippen MR) is 109 cm³/mol.